The number of piperazine rings is 1. The van der Waals surface area contributed by atoms with Gasteiger partial charge in [0, 0.05) is 6.54 Å². The maximum Gasteiger partial charge on any atom is 0.242 e. The van der Waals surface area contributed by atoms with Crippen molar-refractivity contribution in [2.24, 2.45) is 0 Å². The first kappa shape index (κ1) is 10.6. The molecule has 1 heterocycles. The van der Waals surface area contributed by atoms with Crippen molar-refractivity contribution in [2.45, 2.75) is 6.54 Å². The number of nitrogens with one attached hydrogen (secondary N) is 1. The van der Waals surface area contributed by atoms with Crippen molar-refractivity contribution >= 4 is 11.8 Å². The van der Waals surface area contributed by atoms with E-state index in [0.29, 0.717) is 6.54 Å². The Morgan fingerprint density at radius 3 is 2.62 bits per heavy atom. The average Bonchev–Trinajstić information content (AvgIpc) is 2.27. The van der Waals surface area contributed by atoms with Crippen LogP contribution in [0.4, 0.5) is 4.39 Å². The summed E-state index contributed by atoms with van der Waals surface area (Å²) in [4.78, 5) is 24.0. The van der Waals surface area contributed by atoms with Crippen molar-refractivity contribution in [3.8, 4) is 0 Å². The molecule has 4 nitrogen and oxygen atoms in total. The molecule has 16 heavy (non-hydrogen) atoms. The van der Waals surface area contributed by atoms with Crippen LogP contribution in [0.3, 0.4) is 0 Å². The zero-order valence-corrected chi connectivity index (χ0v) is 8.57. The normalized spacial score (nSPS) is 16.2. The van der Waals surface area contributed by atoms with Crippen LogP contribution >= 0.6 is 0 Å². The number of hydrogen-bond acceptors (Lipinski definition) is 2. The van der Waals surface area contributed by atoms with Crippen LogP contribution in [0.2, 0.25) is 0 Å². The number of benzene rings is 1. The molecule has 0 atom stereocenters. The summed E-state index contributed by atoms with van der Waals surface area (Å²) in [6.45, 7) is 0.447. The first-order valence-electron chi connectivity index (χ1n) is 4.94. The Bertz CT molecular complexity index is 416. The van der Waals surface area contributed by atoms with E-state index in [4.69, 9.17) is 0 Å². The summed E-state index contributed by atoms with van der Waals surface area (Å²) in [6, 6.07) is 5.89. The van der Waals surface area contributed by atoms with E-state index in [1.165, 1.54) is 17.0 Å². The van der Waals surface area contributed by atoms with Crippen molar-refractivity contribution in [2.75, 3.05) is 13.1 Å². The van der Waals surface area contributed by atoms with Gasteiger partial charge in [-0.3, -0.25) is 9.59 Å². The monoisotopic (exact) mass is 222 g/mol. The first-order valence-corrected chi connectivity index (χ1v) is 4.94. The molecule has 1 saturated heterocycles. The Hall–Kier alpha value is -1.91. The van der Waals surface area contributed by atoms with Gasteiger partial charge in [-0.05, 0) is 17.7 Å². The Kier molecular flexibility index (Phi) is 2.85. The third-order valence-corrected chi connectivity index (χ3v) is 2.41. The lowest BCUT2D eigenvalue weighted by atomic mass is 10.2. The van der Waals surface area contributed by atoms with Crippen LogP contribution < -0.4 is 5.32 Å². The van der Waals surface area contributed by atoms with E-state index in [9.17, 15) is 14.0 Å². The molecule has 0 aliphatic carbocycles. The highest BCUT2D eigenvalue weighted by atomic mass is 19.1. The Balaban J connectivity index is 2.05. The molecule has 0 radical (unpaired) electrons. The zero-order chi connectivity index (χ0) is 11.5. The van der Waals surface area contributed by atoms with Crippen LogP contribution in [-0.4, -0.2) is 29.8 Å². The Labute approximate surface area is 92.0 Å². The number of halogens is 1. The summed E-state index contributed by atoms with van der Waals surface area (Å²) >= 11 is 0. The second-order valence-electron chi connectivity index (χ2n) is 3.65. The average molecular weight is 222 g/mol. The van der Waals surface area contributed by atoms with Gasteiger partial charge in [0.1, 0.15) is 5.82 Å². The quantitative estimate of drug-likeness (QED) is 0.781. The lowest BCUT2D eigenvalue weighted by Gasteiger charge is -2.26. The number of rotatable bonds is 2. The van der Waals surface area contributed by atoms with E-state index in [-0.39, 0.29) is 30.7 Å². The summed E-state index contributed by atoms with van der Waals surface area (Å²) in [7, 11) is 0. The predicted molar refractivity (Wildman–Crippen MR) is 54.8 cm³/mol. The summed E-state index contributed by atoms with van der Waals surface area (Å²) in [5.74, 6) is -0.600. The van der Waals surface area contributed by atoms with Gasteiger partial charge in [-0.1, -0.05) is 12.1 Å². The van der Waals surface area contributed by atoms with Gasteiger partial charge in [0.25, 0.3) is 0 Å². The molecule has 0 saturated carbocycles. The van der Waals surface area contributed by atoms with Gasteiger partial charge in [0.05, 0.1) is 13.1 Å². The minimum Gasteiger partial charge on any atom is -0.345 e. The van der Waals surface area contributed by atoms with E-state index < -0.39 is 0 Å². The maximum absolute atomic E-state index is 12.7. The van der Waals surface area contributed by atoms with Crippen LogP contribution in [0.25, 0.3) is 0 Å². The molecular weight excluding hydrogens is 211 g/mol. The fourth-order valence-electron chi connectivity index (χ4n) is 1.56. The van der Waals surface area contributed by atoms with Crippen LogP contribution in [0.5, 0.6) is 0 Å². The fourth-order valence-corrected chi connectivity index (χ4v) is 1.56. The molecule has 0 aromatic heterocycles. The minimum atomic E-state index is -0.313. The lowest BCUT2D eigenvalue weighted by molar-refractivity contribution is -0.141. The molecule has 1 N–H and O–H groups in total. The molecule has 84 valence electrons. The van der Waals surface area contributed by atoms with Crippen molar-refractivity contribution in [1.29, 1.82) is 0 Å². The Morgan fingerprint density at radius 2 is 1.94 bits per heavy atom. The van der Waals surface area contributed by atoms with E-state index in [0.717, 1.165) is 5.56 Å². The fraction of sp³-hybridized carbons (Fsp3) is 0.273. The van der Waals surface area contributed by atoms with E-state index in [1.54, 1.807) is 12.1 Å². The molecular formula is C11H11FN2O2. The number of carbonyl (C=O) groups is 2. The van der Waals surface area contributed by atoms with Gasteiger partial charge >= 0.3 is 0 Å². The van der Waals surface area contributed by atoms with Crippen LogP contribution in [0, 0.1) is 5.82 Å². The number of hydrogen-bond donors (Lipinski definition) is 1. The SMILES string of the molecule is O=C1CN(Cc2ccc(F)cc2)C(=O)CN1. The third kappa shape index (κ3) is 2.36. The second-order valence-corrected chi connectivity index (χ2v) is 3.65. The highest BCUT2D eigenvalue weighted by Crippen LogP contribution is 2.08. The topological polar surface area (TPSA) is 49.4 Å². The molecule has 0 spiro atoms. The highest BCUT2D eigenvalue weighted by Gasteiger charge is 2.22. The molecule has 5 heteroatoms. The molecule has 1 aliphatic rings. The third-order valence-electron chi connectivity index (χ3n) is 2.41. The van der Waals surface area contributed by atoms with Crippen molar-refractivity contribution < 1.29 is 14.0 Å². The van der Waals surface area contributed by atoms with Crippen molar-refractivity contribution in [3.63, 3.8) is 0 Å². The maximum atomic E-state index is 12.7. The minimum absolute atomic E-state index is 0.0417. The van der Waals surface area contributed by atoms with Crippen molar-refractivity contribution in [3.05, 3.63) is 35.6 Å². The van der Waals surface area contributed by atoms with Gasteiger partial charge in [-0.25, -0.2) is 4.39 Å². The van der Waals surface area contributed by atoms with E-state index in [1.807, 2.05) is 0 Å². The molecule has 1 aromatic carbocycles. The molecule has 1 aliphatic heterocycles. The van der Waals surface area contributed by atoms with Crippen LogP contribution in [0.1, 0.15) is 5.56 Å². The molecule has 0 bridgehead atoms. The largest absolute Gasteiger partial charge is 0.345 e. The van der Waals surface area contributed by atoms with Gasteiger partial charge in [0.15, 0.2) is 0 Å². The highest BCUT2D eigenvalue weighted by molar-refractivity contribution is 5.92. The molecule has 1 aromatic rings. The summed E-state index contributed by atoms with van der Waals surface area (Å²) in [6.07, 6.45) is 0. The summed E-state index contributed by atoms with van der Waals surface area (Å²) in [5, 5.41) is 2.47. The van der Waals surface area contributed by atoms with Crippen LogP contribution in [-0.2, 0) is 16.1 Å². The zero-order valence-electron chi connectivity index (χ0n) is 8.57. The lowest BCUT2D eigenvalue weighted by Crippen LogP contribution is -2.50. The predicted octanol–water partition coefficient (Wildman–Crippen LogP) is 0.284. The van der Waals surface area contributed by atoms with Gasteiger partial charge in [0.2, 0.25) is 11.8 Å². The van der Waals surface area contributed by atoms with E-state index >= 15 is 0 Å². The summed E-state index contributed by atoms with van der Waals surface area (Å²) < 4.78 is 12.7. The standard InChI is InChI=1S/C11H11FN2O2/c12-9-3-1-8(2-4-9)6-14-7-10(15)13-5-11(14)16/h1-4H,5-7H2,(H,13,15). The van der Waals surface area contributed by atoms with Gasteiger partial charge in [-0.15, -0.1) is 0 Å². The van der Waals surface area contributed by atoms with E-state index in [2.05, 4.69) is 5.32 Å². The first-order chi connectivity index (χ1) is 7.65. The van der Waals surface area contributed by atoms with Crippen molar-refractivity contribution in [1.82, 2.24) is 10.2 Å². The second kappa shape index (κ2) is 4.30. The molecule has 0 unspecified atom stereocenters. The van der Waals surface area contributed by atoms with Gasteiger partial charge < -0.3 is 10.2 Å². The molecule has 2 rings (SSSR count). The number of amides is 2. The molecule has 1 fully saturated rings. The Morgan fingerprint density at radius 1 is 1.25 bits per heavy atom. The number of carbonyl (C=O) groups excluding carboxylic acids is 2. The molecule has 2 amide bonds. The number of nitrogens with zero attached hydrogens (tertiary/aromatic N) is 1. The summed E-state index contributed by atoms with van der Waals surface area (Å²) in [5.41, 5.74) is 0.810. The smallest absolute Gasteiger partial charge is 0.242 e. The van der Waals surface area contributed by atoms with Crippen LogP contribution in [0.15, 0.2) is 24.3 Å². The van der Waals surface area contributed by atoms with Gasteiger partial charge in [-0.2, -0.15) is 0 Å².